The molecule has 0 aliphatic heterocycles. The maximum atomic E-state index is 5.99. The zero-order valence-electron chi connectivity index (χ0n) is 16.3. The van der Waals surface area contributed by atoms with E-state index in [1.54, 1.807) is 11.3 Å². The second-order valence-corrected chi connectivity index (χ2v) is 8.40. The van der Waals surface area contributed by atoms with E-state index < -0.39 is 0 Å². The van der Waals surface area contributed by atoms with Gasteiger partial charge in [-0.05, 0) is 45.6 Å². The summed E-state index contributed by atoms with van der Waals surface area (Å²) in [6.07, 6.45) is 0.177. The highest BCUT2D eigenvalue weighted by molar-refractivity contribution is 7.23. The lowest BCUT2D eigenvalue weighted by molar-refractivity contribution is 0.0637. The number of thiazole rings is 1. The van der Waals surface area contributed by atoms with E-state index in [0.29, 0.717) is 6.61 Å². The molecule has 4 rings (SSSR count). The van der Waals surface area contributed by atoms with Gasteiger partial charge >= 0.3 is 0 Å². The molecule has 0 radical (unpaired) electrons. The van der Waals surface area contributed by atoms with E-state index >= 15 is 0 Å². The van der Waals surface area contributed by atoms with E-state index in [9.17, 15) is 0 Å². The fraction of sp³-hybridized carbons (Fsp3) is 0.318. The number of aromatic nitrogens is 2. The molecule has 0 aliphatic carbocycles. The van der Waals surface area contributed by atoms with E-state index in [-0.39, 0.29) is 6.10 Å². The van der Waals surface area contributed by atoms with Crippen molar-refractivity contribution in [2.75, 3.05) is 14.1 Å². The maximum absolute atomic E-state index is 5.99. The van der Waals surface area contributed by atoms with Gasteiger partial charge in [-0.25, -0.2) is 4.98 Å². The second-order valence-electron chi connectivity index (χ2n) is 7.39. The molecule has 5 heteroatoms. The molecule has 2 aromatic heterocycles. The van der Waals surface area contributed by atoms with Crippen LogP contribution in [0.5, 0.6) is 0 Å². The number of nitrogens with zero attached hydrogens (tertiary/aromatic N) is 3. The van der Waals surface area contributed by atoms with E-state index in [1.807, 2.05) is 6.07 Å². The second kappa shape index (κ2) is 7.43. The molecular formula is C22H25N3OS. The van der Waals surface area contributed by atoms with Crippen LogP contribution < -0.4 is 0 Å². The average Bonchev–Trinajstić information content (AvgIpc) is 3.15. The fourth-order valence-electron chi connectivity index (χ4n) is 3.34. The van der Waals surface area contributed by atoms with Crippen molar-refractivity contribution in [3.63, 3.8) is 0 Å². The van der Waals surface area contributed by atoms with Crippen LogP contribution in [0.3, 0.4) is 0 Å². The number of fused-ring (bicyclic) bond motifs is 3. The average molecular weight is 380 g/mol. The number of imidazole rings is 1. The summed E-state index contributed by atoms with van der Waals surface area (Å²) in [5.41, 5.74) is 5.79. The molecule has 0 unspecified atom stereocenters. The zero-order chi connectivity index (χ0) is 19.0. The zero-order valence-corrected chi connectivity index (χ0v) is 17.1. The number of rotatable bonds is 6. The van der Waals surface area contributed by atoms with Gasteiger partial charge in [0.2, 0.25) is 0 Å². The van der Waals surface area contributed by atoms with Crippen molar-refractivity contribution in [1.82, 2.24) is 14.3 Å². The predicted molar refractivity (Wildman–Crippen MR) is 113 cm³/mol. The van der Waals surface area contributed by atoms with Crippen LogP contribution in [0.15, 0.2) is 48.5 Å². The molecule has 27 heavy (non-hydrogen) atoms. The standard InChI is InChI=1S/C22H25N3OS/c1-15(2)26-14-19-21(17-8-6-5-7-9-17)23-22-25(19)18-11-10-16(13-24(3)4)12-20(18)27-22/h5-12,15H,13-14H2,1-4H3. The van der Waals surface area contributed by atoms with Gasteiger partial charge in [-0.3, -0.25) is 4.40 Å². The largest absolute Gasteiger partial charge is 0.372 e. The first-order valence-corrected chi connectivity index (χ1v) is 10.1. The molecule has 4 aromatic rings. The summed E-state index contributed by atoms with van der Waals surface area (Å²) < 4.78 is 9.52. The molecule has 0 bridgehead atoms. The molecule has 0 spiro atoms. The molecule has 2 aromatic carbocycles. The van der Waals surface area contributed by atoms with Crippen molar-refractivity contribution in [3.05, 3.63) is 59.8 Å². The maximum Gasteiger partial charge on any atom is 0.195 e. The lowest BCUT2D eigenvalue weighted by Gasteiger charge is -2.11. The number of benzene rings is 2. The number of ether oxygens (including phenoxy) is 1. The van der Waals surface area contributed by atoms with Gasteiger partial charge in [-0.15, -0.1) is 0 Å². The first-order chi connectivity index (χ1) is 13.0. The van der Waals surface area contributed by atoms with Gasteiger partial charge in [-0.1, -0.05) is 47.7 Å². The van der Waals surface area contributed by atoms with Crippen LogP contribution in [-0.4, -0.2) is 34.5 Å². The lowest BCUT2D eigenvalue weighted by Crippen LogP contribution is -2.10. The van der Waals surface area contributed by atoms with Crippen LogP contribution in [0.1, 0.15) is 25.1 Å². The molecule has 0 atom stereocenters. The highest BCUT2D eigenvalue weighted by Gasteiger charge is 2.19. The van der Waals surface area contributed by atoms with Crippen molar-refractivity contribution in [1.29, 1.82) is 0 Å². The Labute approximate surface area is 164 Å². The minimum atomic E-state index is 0.177. The summed E-state index contributed by atoms with van der Waals surface area (Å²) in [5.74, 6) is 0. The van der Waals surface area contributed by atoms with E-state index in [0.717, 1.165) is 28.5 Å². The van der Waals surface area contributed by atoms with Gasteiger partial charge in [0.25, 0.3) is 0 Å². The Hall–Kier alpha value is -2.21. The van der Waals surface area contributed by atoms with Crippen molar-refractivity contribution < 1.29 is 4.74 Å². The van der Waals surface area contributed by atoms with Gasteiger partial charge in [0.1, 0.15) is 0 Å². The summed E-state index contributed by atoms with van der Waals surface area (Å²) in [7, 11) is 4.19. The van der Waals surface area contributed by atoms with Gasteiger partial charge in [-0.2, -0.15) is 0 Å². The lowest BCUT2D eigenvalue weighted by atomic mass is 10.1. The van der Waals surface area contributed by atoms with Crippen molar-refractivity contribution in [3.8, 4) is 11.3 Å². The molecule has 2 heterocycles. The summed E-state index contributed by atoms with van der Waals surface area (Å²) in [6.45, 7) is 5.63. The van der Waals surface area contributed by atoms with E-state index in [4.69, 9.17) is 9.72 Å². The third kappa shape index (κ3) is 3.63. The molecule has 4 nitrogen and oxygen atoms in total. The molecule has 0 aliphatic rings. The van der Waals surface area contributed by atoms with Gasteiger partial charge in [0, 0.05) is 12.1 Å². The molecule has 0 amide bonds. The SMILES string of the molecule is CC(C)OCc1c(-c2ccccc2)nc2sc3cc(CN(C)C)ccc3n12. The van der Waals surface area contributed by atoms with Gasteiger partial charge in [0.05, 0.1) is 34.3 Å². The Kier molecular flexibility index (Phi) is 5.00. The van der Waals surface area contributed by atoms with Crippen LogP contribution >= 0.6 is 11.3 Å². The quantitative estimate of drug-likeness (QED) is 0.461. The minimum Gasteiger partial charge on any atom is -0.372 e. The van der Waals surface area contributed by atoms with Crippen molar-refractivity contribution >= 4 is 26.5 Å². The third-order valence-corrected chi connectivity index (χ3v) is 5.51. The molecule has 0 saturated heterocycles. The first-order valence-electron chi connectivity index (χ1n) is 9.27. The van der Waals surface area contributed by atoms with Gasteiger partial charge < -0.3 is 9.64 Å². The molecular weight excluding hydrogens is 354 g/mol. The van der Waals surface area contributed by atoms with Crippen LogP contribution in [0.4, 0.5) is 0 Å². The molecule has 140 valence electrons. The number of hydrogen-bond acceptors (Lipinski definition) is 4. The smallest absolute Gasteiger partial charge is 0.195 e. The highest BCUT2D eigenvalue weighted by atomic mass is 32.1. The van der Waals surface area contributed by atoms with Crippen LogP contribution in [-0.2, 0) is 17.9 Å². The topological polar surface area (TPSA) is 29.8 Å². The third-order valence-electron chi connectivity index (χ3n) is 4.51. The first kappa shape index (κ1) is 18.2. The Balaban J connectivity index is 1.88. The van der Waals surface area contributed by atoms with Crippen LogP contribution in [0.25, 0.3) is 26.4 Å². The van der Waals surface area contributed by atoms with Crippen molar-refractivity contribution in [2.45, 2.75) is 33.1 Å². The minimum absolute atomic E-state index is 0.177. The normalized spacial score (nSPS) is 12.1. The fourth-order valence-corrected chi connectivity index (χ4v) is 4.45. The van der Waals surface area contributed by atoms with Gasteiger partial charge in [0.15, 0.2) is 4.96 Å². The molecule has 0 N–H and O–H groups in total. The van der Waals surface area contributed by atoms with Crippen molar-refractivity contribution in [2.24, 2.45) is 0 Å². The highest BCUT2D eigenvalue weighted by Crippen LogP contribution is 2.34. The van der Waals surface area contributed by atoms with Crippen LogP contribution in [0.2, 0.25) is 0 Å². The predicted octanol–water partition coefficient (Wildman–Crippen LogP) is 5.20. The Morgan fingerprint density at radius 1 is 1.11 bits per heavy atom. The van der Waals surface area contributed by atoms with Crippen LogP contribution in [0, 0.1) is 0 Å². The Bertz CT molecular complexity index is 1060. The van der Waals surface area contributed by atoms with E-state index in [2.05, 4.69) is 79.7 Å². The summed E-state index contributed by atoms with van der Waals surface area (Å²) in [6, 6.07) is 17.1. The molecule has 0 saturated carbocycles. The summed E-state index contributed by atoms with van der Waals surface area (Å²) >= 11 is 1.74. The Morgan fingerprint density at radius 3 is 2.59 bits per heavy atom. The monoisotopic (exact) mass is 379 g/mol. The Morgan fingerprint density at radius 2 is 1.89 bits per heavy atom. The number of hydrogen-bond donors (Lipinski definition) is 0. The summed E-state index contributed by atoms with van der Waals surface area (Å²) in [4.78, 5) is 8.19. The van der Waals surface area contributed by atoms with E-state index in [1.165, 1.54) is 15.8 Å². The molecule has 0 fully saturated rings. The summed E-state index contributed by atoms with van der Waals surface area (Å²) in [5, 5.41) is 0.